The minimum absolute atomic E-state index is 0. The molecule has 0 heterocycles. The van der Waals surface area contributed by atoms with Crippen molar-refractivity contribution in [1.82, 2.24) is 0 Å². The molecule has 0 unspecified atom stereocenters. The van der Waals surface area contributed by atoms with Crippen molar-refractivity contribution < 1.29 is 47.6 Å². The molecule has 1 fully saturated rings. The van der Waals surface area contributed by atoms with E-state index in [4.69, 9.17) is 0 Å². The van der Waals surface area contributed by atoms with Gasteiger partial charge in [0.15, 0.2) is 0 Å². The number of unbranched alkanes of at least 4 members (excludes halogenated alkanes) is 1. The van der Waals surface area contributed by atoms with Crippen LogP contribution in [0.15, 0.2) is 0 Å². The molecule has 0 aliphatic heterocycles. The van der Waals surface area contributed by atoms with Gasteiger partial charge in [0.2, 0.25) is 0 Å². The summed E-state index contributed by atoms with van der Waals surface area (Å²) < 4.78 is 30.5. The topological polar surface area (TPSA) is 77.4 Å². The molecule has 0 aromatic heterocycles. The van der Waals surface area contributed by atoms with Gasteiger partial charge in [-0.05, 0) is 32.1 Å². The summed E-state index contributed by atoms with van der Waals surface area (Å²) in [6.07, 6.45) is 3.25. The molecule has 1 rings (SSSR count). The fourth-order valence-corrected chi connectivity index (χ4v) is 1.68. The van der Waals surface area contributed by atoms with Crippen LogP contribution in [0.5, 0.6) is 0 Å². The van der Waals surface area contributed by atoms with Gasteiger partial charge in [-0.2, -0.15) is 0 Å². The Hall–Kier alpha value is 0.870. The van der Waals surface area contributed by atoms with E-state index in [1.807, 2.05) is 0 Å². The number of rotatable bonds is 5. The SMILES string of the molecule is O=S(=O)([O-])CCCCC1(O)CC1.[Na+]. The Morgan fingerprint density at radius 2 is 1.85 bits per heavy atom. The van der Waals surface area contributed by atoms with Gasteiger partial charge in [-0.15, -0.1) is 0 Å². The molecule has 4 nitrogen and oxygen atoms in total. The monoisotopic (exact) mass is 216 g/mol. The van der Waals surface area contributed by atoms with Crippen LogP contribution >= 0.6 is 0 Å². The maximum absolute atomic E-state index is 10.2. The van der Waals surface area contributed by atoms with Crippen molar-refractivity contribution >= 4 is 10.1 Å². The Labute approximate surface area is 101 Å². The second-order valence-corrected chi connectivity index (χ2v) is 4.97. The van der Waals surface area contributed by atoms with E-state index in [2.05, 4.69) is 0 Å². The van der Waals surface area contributed by atoms with Crippen molar-refractivity contribution in [1.29, 1.82) is 0 Å². The van der Waals surface area contributed by atoms with Gasteiger partial charge < -0.3 is 9.66 Å². The standard InChI is InChI=1S/C7H14O4S.Na/c8-7(4-5-7)3-1-2-6-12(9,10)11;/h8H,1-6H2,(H,9,10,11);/q;+1/p-1. The minimum atomic E-state index is -4.05. The van der Waals surface area contributed by atoms with Crippen LogP contribution < -0.4 is 29.6 Å². The van der Waals surface area contributed by atoms with Crippen LogP contribution in [-0.2, 0) is 10.1 Å². The summed E-state index contributed by atoms with van der Waals surface area (Å²) >= 11 is 0. The molecule has 72 valence electrons. The van der Waals surface area contributed by atoms with Gasteiger partial charge in [0, 0.05) is 5.75 Å². The van der Waals surface area contributed by atoms with Crippen LogP contribution in [0.25, 0.3) is 0 Å². The van der Waals surface area contributed by atoms with E-state index in [0.717, 1.165) is 12.8 Å². The van der Waals surface area contributed by atoms with Gasteiger partial charge in [0.25, 0.3) is 0 Å². The third-order valence-corrected chi connectivity index (χ3v) is 2.90. The summed E-state index contributed by atoms with van der Waals surface area (Å²) in [7, 11) is -4.05. The molecule has 0 aromatic carbocycles. The predicted molar refractivity (Wildman–Crippen MR) is 42.6 cm³/mol. The minimum Gasteiger partial charge on any atom is -0.748 e. The van der Waals surface area contributed by atoms with E-state index >= 15 is 0 Å². The molecule has 0 aromatic rings. The zero-order valence-corrected chi connectivity index (χ0v) is 10.6. The molecule has 13 heavy (non-hydrogen) atoms. The molecule has 0 atom stereocenters. The van der Waals surface area contributed by atoms with Gasteiger partial charge in [-0.1, -0.05) is 0 Å². The van der Waals surface area contributed by atoms with Crippen LogP contribution in [-0.4, -0.2) is 29.4 Å². The van der Waals surface area contributed by atoms with Gasteiger partial charge in [0.1, 0.15) is 0 Å². The van der Waals surface area contributed by atoms with Gasteiger partial charge >= 0.3 is 29.6 Å². The fourth-order valence-electron chi connectivity index (χ4n) is 1.13. The van der Waals surface area contributed by atoms with Crippen molar-refractivity contribution in [3.05, 3.63) is 0 Å². The molecule has 1 aliphatic carbocycles. The van der Waals surface area contributed by atoms with E-state index in [-0.39, 0.29) is 35.3 Å². The first-order valence-electron chi connectivity index (χ1n) is 4.07. The van der Waals surface area contributed by atoms with Crippen LogP contribution in [0.3, 0.4) is 0 Å². The molecule has 0 radical (unpaired) electrons. The first-order valence-corrected chi connectivity index (χ1v) is 5.65. The Balaban J connectivity index is 0.00000144. The summed E-state index contributed by atoms with van der Waals surface area (Å²) in [5.74, 6) is -0.302. The second kappa shape index (κ2) is 5.09. The maximum Gasteiger partial charge on any atom is 1.00 e. The number of hydrogen-bond acceptors (Lipinski definition) is 4. The van der Waals surface area contributed by atoms with E-state index in [1.54, 1.807) is 0 Å². The predicted octanol–water partition coefficient (Wildman–Crippen LogP) is -2.77. The smallest absolute Gasteiger partial charge is 0.748 e. The van der Waals surface area contributed by atoms with Crippen molar-refractivity contribution in [2.75, 3.05) is 5.75 Å². The number of aliphatic hydroxyl groups is 1. The van der Waals surface area contributed by atoms with E-state index in [0.29, 0.717) is 19.3 Å². The van der Waals surface area contributed by atoms with Gasteiger partial charge in [0.05, 0.1) is 15.7 Å². The molecule has 1 saturated carbocycles. The van der Waals surface area contributed by atoms with Crippen molar-refractivity contribution in [2.45, 2.75) is 37.7 Å². The van der Waals surface area contributed by atoms with Gasteiger partial charge in [-0.3, -0.25) is 0 Å². The zero-order valence-electron chi connectivity index (χ0n) is 7.82. The first-order chi connectivity index (χ1) is 5.41. The molecular weight excluding hydrogens is 203 g/mol. The Kier molecular flexibility index (Phi) is 5.43. The molecule has 6 heteroatoms. The number of hydrogen-bond donors (Lipinski definition) is 1. The molecule has 0 amide bonds. The summed E-state index contributed by atoms with van der Waals surface area (Å²) in [6.45, 7) is 0. The quantitative estimate of drug-likeness (QED) is 0.306. The van der Waals surface area contributed by atoms with Crippen molar-refractivity contribution in [2.24, 2.45) is 0 Å². The molecule has 1 N–H and O–H groups in total. The molecular formula is C7H13NaO4S. The Morgan fingerprint density at radius 1 is 1.31 bits per heavy atom. The average Bonchev–Trinajstić information content (AvgIpc) is 2.60. The van der Waals surface area contributed by atoms with Gasteiger partial charge in [-0.25, -0.2) is 8.42 Å². The first kappa shape index (κ1) is 13.9. The largest absolute Gasteiger partial charge is 1.00 e. The molecule has 0 saturated heterocycles. The van der Waals surface area contributed by atoms with Crippen LogP contribution in [0, 0.1) is 0 Å². The summed E-state index contributed by atoms with van der Waals surface area (Å²) in [4.78, 5) is 0. The van der Waals surface area contributed by atoms with Crippen LogP contribution in [0.2, 0.25) is 0 Å². The average molecular weight is 216 g/mol. The third kappa shape index (κ3) is 6.88. The molecule has 0 spiro atoms. The molecule has 1 aliphatic rings. The summed E-state index contributed by atoms with van der Waals surface area (Å²) in [5.41, 5.74) is -0.521. The van der Waals surface area contributed by atoms with E-state index < -0.39 is 15.7 Å². The fraction of sp³-hybridized carbons (Fsp3) is 1.00. The summed E-state index contributed by atoms with van der Waals surface area (Å²) in [6, 6.07) is 0. The maximum atomic E-state index is 10.2. The van der Waals surface area contributed by atoms with E-state index in [9.17, 15) is 18.1 Å². The summed E-state index contributed by atoms with van der Waals surface area (Å²) in [5, 5.41) is 9.33. The Bertz CT molecular complexity index is 245. The zero-order chi connectivity index (χ0) is 9.24. The van der Waals surface area contributed by atoms with Crippen molar-refractivity contribution in [3.63, 3.8) is 0 Å². The molecule has 0 bridgehead atoms. The van der Waals surface area contributed by atoms with Crippen LogP contribution in [0.4, 0.5) is 0 Å². The second-order valence-electron chi connectivity index (χ2n) is 3.44. The third-order valence-electron chi connectivity index (χ3n) is 2.11. The van der Waals surface area contributed by atoms with E-state index in [1.165, 1.54) is 0 Å². The van der Waals surface area contributed by atoms with Crippen LogP contribution in [0.1, 0.15) is 32.1 Å². The Morgan fingerprint density at radius 3 is 2.23 bits per heavy atom. The van der Waals surface area contributed by atoms with Crippen molar-refractivity contribution in [3.8, 4) is 0 Å². The normalized spacial score (nSPS) is 19.2.